The summed E-state index contributed by atoms with van der Waals surface area (Å²) in [5, 5.41) is 2.09. The van der Waals surface area contributed by atoms with Gasteiger partial charge in [0.05, 0.1) is 12.8 Å². The van der Waals surface area contributed by atoms with Crippen molar-refractivity contribution in [3.8, 4) is 0 Å². The van der Waals surface area contributed by atoms with E-state index in [-0.39, 0.29) is 12.2 Å². The van der Waals surface area contributed by atoms with Crippen molar-refractivity contribution in [1.82, 2.24) is 15.5 Å². The fraction of sp³-hybridized carbons (Fsp3) is 0.333. The lowest BCUT2D eigenvalue weighted by Gasteiger charge is -2.20. The zero-order valence-corrected chi connectivity index (χ0v) is 13.0. The molecular formula is C18H21N3O2. The van der Waals surface area contributed by atoms with E-state index in [1.807, 2.05) is 24.3 Å². The number of benzene rings is 2. The molecule has 2 aliphatic heterocycles. The minimum Gasteiger partial charge on any atom is -0.357 e. The highest BCUT2D eigenvalue weighted by atomic mass is 16.7. The SMILES string of the molecule is c1ccc(C2CN(CN3CC(c4ccccc4)ON3)CO2)cc1. The van der Waals surface area contributed by atoms with Crippen molar-refractivity contribution in [3.63, 3.8) is 0 Å². The molecule has 2 aromatic carbocycles. The molecule has 2 aromatic rings. The summed E-state index contributed by atoms with van der Waals surface area (Å²) in [5.74, 6) is 0. The quantitative estimate of drug-likeness (QED) is 0.939. The first kappa shape index (κ1) is 14.8. The van der Waals surface area contributed by atoms with Gasteiger partial charge in [0.1, 0.15) is 12.8 Å². The van der Waals surface area contributed by atoms with Gasteiger partial charge < -0.3 is 4.74 Å². The van der Waals surface area contributed by atoms with E-state index in [1.54, 1.807) is 0 Å². The van der Waals surface area contributed by atoms with Crippen LogP contribution < -0.4 is 5.59 Å². The van der Waals surface area contributed by atoms with Crippen molar-refractivity contribution in [2.75, 3.05) is 26.5 Å². The summed E-state index contributed by atoms with van der Waals surface area (Å²) in [6, 6.07) is 20.7. The second kappa shape index (κ2) is 6.78. The maximum Gasteiger partial charge on any atom is 0.120 e. The Kier molecular flexibility index (Phi) is 4.37. The van der Waals surface area contributed by atoms with Crippen LogP contribution in [0.2, 0.25) is 0 Å². The molecule has 2 aliphatic rings. The van der Waals surface area contributed by atoms with Crippen LogP contribution in [0.25, 0.3) is 0 Å². The number of hydrazine groups is 1. The molecule has 0 bridgehead atoms. The van der Waals surface area contributed by atoms with Gasteiger partial charge in [0.25, 0.3) is 0 Å². The molecule has 23 heavy (non-hydrogen) atoms. The van der Waals surface area contributed by atoms with E-state index in [4.69, 9.17) is 9.57 Å². The Hall–Kier alpha value is -1.76. The van der Waals surface area contributed by atoms with Crippen LogP contribution in [-0.4, -0.2) is 36.4 Å². The highest BCUT2D eigenvalue weighted by Gasteiger charge is 2.30. The molecule has 0 spiro atoms. The van der Waals surface area contributed by atoms with Crippen LogP contribution in [0.3, 0.4) is 0 Å². The summed E-state index contributed by atoms with van der Waals surface area (Å²) in [6.45, 7) is 3.16. The van der Waals surface area contributed by atoms with Crippen LogP contribution in [0.1, 0.15) is 23.3 Å². The fourth-order valence-corrected chi connectivity index (χ4v) is 3.09. The topological polar surface area (TPSA) is 37.0 Å². The molecule has 0 saturated carbocycles. The van der Waals surface area contributed by atoms with Crippen LogP contribution in [0.5, 0.6) is 0 Å². The van der Waals surface area contributed by atoms with Gasteiger partial charge in [-0.2, -0.15) is 0 Å². The van der Waals surface area contributed by atoms with E-state index in [2.05, 4.69) is 51.9 Å². The normalized spacial score (nSPS) is 25.9. The molecule has 5 heteroatoms. The third-order valence-electron chi connectivity index (χ3n) is 4.31. The monoisotopic (exact) mass is 311 g/mol. The third kappa shape index (κ3) is 3.44. The number of rotatable bonds is 4. The Morgan fingerprint density at radius 2 is 1.52 bits per heavy atom. The molecule has 2 heterocycles. The van der Waals surface area contributed by atoms with Gasteiger partial charge in [0.15, 0.2) is 0 Å². The maximum atomic E-state index is 5.90. The molecule has 0 amide bonds. The van der Waals surface area contributed by atoms with Gasteiger partial charge in [-0.3, -0.25) is 9.74 Å². The summed E-state index contributed by atoms with van der Waals surface area (Å²) in [4.78, 5) is 7.96. The predicted octanol–water partition coefficient (Wildman–Crippen LogP) is 2.47. The smallest absolute Gasteiger partial charge is 0.120 e. The van der Waals surface area contributed by atoms with Gasteiger partial charge in [-0.15, -0.1) is 5.59 Å². The summed E-state index contributed by atoms with van der Waals surface area (Å²) in [5.41, 5.74) is 5.46. The zero-order chi connectivity index (χ0) is 15.5. The lowest BCUT2D eigenvalue weighted by molar-refractivity contribution is -0.0412. The second-order valence-corrected chi connectivity index (χ2v) is 6.02. The first-order valence-corrected chi connectivity index (χ1v) is 7.98. The van der Waals surface area contributed by atoms with Crippen LogP contribution in [0, 0.1) is 0 Å². The van der Waals surface area contributed by atoms with E-state index < -0.39 is 0 Å². The second-order valence-electron chi connectivity index (χ2n) is 6.02. The minimum atomic E-state index is 0.0737. The van der Waals surface area contributed by atoms with Gasteiger partial charge in [0.2, 0.25) is 0 Å². The van der Waals surface area contributed by atoms with Gasteiger partial charge in [-0.05, 0) is 11.1 Å². The maximum absolute atomic E-state index is 5.90. The molecule has 2 unspecified atom stereocenters. The van der Waals surface area contributed by atoms with E-state index in [0.29, 0.717) is 6.73 Å². The van der Waals surface area contributed by atoms with Crippen molar-refractivity contribution in [3.05, 3.63) is 71.8 Å². The molecular weight excluding hydrogens is 290 g/mol. The number of ether oxygens (including phenoxy) is 1. The van der Waals surface area contributed by atoms with Crippen LogP contribution in [0.15, 0.2) is 60.7 Å². The van der Waals surface area contributed by atoms with Crippen LogP contribution >= 0.6 is 0 Å². The molecule has 4 rings (SSSR count). The molecule has 2 atom stereocenters. The first-order chi connectivity index (χ1) is 11.4. The third-order valence-corrected chi connectivity index (χ3v) is 4.31. The van der Waals surface area contributed by atoms with Crippen molar-refractivity contribution in [2.45, 2.75) is 12.2 Å². The molecule has 120 valence electrons. The summed E-state index contributed by atoms with van der Waals surface area (Å²) in [6.07, 6.45) is 0.231. The molecule has 2 fully saturated rings. The Morgan fingerprint density at radius 1 is 0.870 bits per heavy atom. The minimum absolute atomic E-state index is 0.0737. The number of nitrogens with one attached hydrogen (secondary N) is 1. The first-order valence-electron chi connectivity index (χ1n) is 7.98. The number of nitrogens with zero attached hydrogens (tertiary/aromatic N) is 2. The Balaban J connectivity index is 1.30. The molecule has 0 aliphatic carbocycles. The number of hydrogen-bond donors (Lipinski definition) is 1. The van der Waals surface area contributed by atoms with E-state index in [9.17, 15) is 0 Å². The Labute approximate surface area is 136 Å². The van der Waals surface area contributed by atoms with Gasteiger partial charge in [0, 0.05) is 13.1 Å². The Bertz CT molecular complexity index is 567. The average Bonchev–Trinajstić information content (AvgIpc) is 3.27. The van der Waals surface area contributed by atoms with Crippen LogP contribution in [0.4, 0.5) is 0 Å². The zero-order valence-electron chi connectivity index (χ0n) is 13.0. The fourth-order valence-electron chi connectivity index (χ4n) is 3.09. The molecule has 1 N–H and O–H groups in total. The van der Waals surface area contributed by atoms with Crippen molar-refractivity contribution >= 4 is 0 Å². The lowest BCUT2D eigenvalue weighted by atomic mass is 10.1. The van der Waals surface area contributed by atoms with Crippen molar-refractivity contribution < 1.29 is 9.57 Å². The van der Waals surface area contributed by atoms with Gasteiger partial charge in [-0.1, -0.05) is 60.7 Å². The van der Waals surface area contributed by atoms with Crippen LogP contribution in [-0.2, 0) is 9.57 Å². The summed E-state index contributed by atoms with van der Waals surface area (Å²) >= 11 is 0. The molecule has 0 aromatic heterocycles. The lowest BCUT2D eigenvalue weighted by Crippen LogP contribution is -2.40. The highest BCUT2D eigenvalue weighted by molar-refractivity contribution is 5.19. The van der Waals surface area contributed by atoms with E-state index in [1.165, 1.54) is 11.1 Å². The van der Waals surface area contributed by atoms with Crippen molar-refractivity contribution in [1.29, 1.82) is 0 Å². The number of hydrogen-bond acceptors (Lipinski definition) is 5. The predicted molar refractivity (Wildman–Crippen MR) is 86.8 cm³/mol. The average molecular weight is 311 g/mol. The van der Waals surface area contributed by atoms with Crippen molar-refractivity contribution in [2.24, 2.45) is 0 Å². The summed E-state index contributed by atoms with van der Waals surface area (Å²) in [7, 11) is 0. The molecule has 2 saturated heterocycles. The molecule has 5 nitrogen and oxygen atoms in total. The molecule has 0 radical (unpaired) electrons. The van der Waals surface area contributed by atoms with E-state index >= 15 is 0 Å². The van der Waals surface area contributed by atoms with Gasteiger partial charge in [-0.25, -0.2) is 5.01 Å². The largest absolute Gasteiger partial charge is 0.357 e. The van der Waals surface area contributed by atoms with E-state index in [0.717, 1.165) is 19.8 Å². The van der Waals surface area contributed by atoms with Gasteiger partial charge >= 0.3 is 0 Å². The summed E-state index contributed by atoms with van der Waals surface area (Å²) < 4.78 is 5.90. The Morgan fingerprint density at radius 3 is 2.22 bits per heavy atom. The highest BCUT2D eigenvalue weighted by Crippen LogP contribution is 2.26. The standard InChI is InChI=1S/C18H21N3O2/c1-3-7-15(8-4-1)17-11-20(14-22-17)13-21-12-18(23-19-21)16-9-5-2-6-10-16/h1-10,17-19H,11-14H2.